The molecular formula is C37H19N5S. The highest BCUT2D eigenvalue weighted by atomic mass is 32.1. The molecule has 0 saturated carbocycles. The maximum atomic E-state index is 10.6. The van der Waals surface area contributed by atoms with Crippen LogP contribution in [0.3, 0.4) is 0 Å². The minimum Gasteiger partial charge on any atom is -0.294 e. The number of para-hydroxylation sites is 3. The van der Waals surface area contributed by atoms with E-state index in [1.807, 2.05) is 48.5 Å². The Morgan fingerprint density at radius 1 is 0.605 bits per heavy atom. The molecule has 0 spiro atoms. The zero-order valence-electron chi connectivity index (χ0n) is 22.6. The van der Waals surface area contributed by atoms with Crippen molar-refractivity contribution in [3.63, 3.8) is 0 Å². The van der Waals surface area contributed by atoms with E-state index in [0.717, 1.165) is 64.6 Å². The molecule has 9 rings (SSSR count). The molecule has 198 valence electrons. The fraction of sp³-hybridized carbons (Fsp3) is 0. The number of thiophene rings is 1. The molecule has 0 saturated heterocycles. The van der Waals surface area contributed by atoms with Crippen LogP contribution in [-0.2, 0) is 0 Å². The van der Waals surface area contributed by atoms with E-state index in [-0.39, 0.29) is 0 Å². The molecule has 4 aromatic heterocycles. The lowest BCUT2D eigenvalue weighted by molar-refractivity contribution is 1.01. The maximum absolute atomic E-state index is 10.6. The third kappa shape index (κ3) is 3.16. The number of aromatic nitrogens is 3. The summed E-state index contributed by atoms with van der Waals surface area (Å²) in [7, 11) is 0. The van der Waals surface area contributed by atoms with Gasteiger partial charge in [0.25, 0.3) is 0 Å². The number of fused-ring (bicyclic) bond motifs is 9. The second kappa shape index (κ2) is 8.77. The summed E-state index contributed by atoms with van der Waals surface area (Å²) in [5.74, 6) is 1.60. The lowest BCUT2D eigenvalue weighted by Crippen LogP contribution is -2.03. The first-order valence-electron chi connectivity index (χ1n) is 13.9. The van der Waals surface area contributed by atoms with Crippen LogP contribution in [0.1, 0.15) is 5.56 Å². The molecule has 5 nitrogen and oxygen atoms in total. The van der Waals surface area contributed by atoms with Gasteiger partial charge in [-0.05, 0) is 41.8 Å². The molecule has 0 aliphatic rings. The van der Waals surface area contributed by atoms with Gasteiger partial charge in [0.2, 0.25) is 5.69 Å². The van der Waals surface area contributed by atoms with Crippen molar-refractivity contribution in [2.45, 2.75) is 0 Å². The second-order valence-corrected chi connectivity index (χ2v) is 11.6. The number of hydrogen-bond donors (Lipinski definition) is 0. The van der Waals surface area contributed by atoms with Crippen molar-refractivity contribution in [1.82, 2.24) is 14.1 Å². The van der Waals surface area contributed by atoms with E-state index >= 15 is 0 Å². The van der Waals surface area contributed by atoms with Crippen molar-refractivity contribution in [2.24, 2.45) is 0 Å². The van der Waals surface area contributed by atoms with E-state index < -0.39 is 0 Å². The summed E-state index contributed by atoms with van der Waals surface area (Å²) in [6.07, 6.45) is 0. The van der Waals surface area contributed by atoms with Crippen molar-refractivity contribution >= 4 is 80.8 Å². The minimum atomic E-state index is 0.612. The average molecular weight is 566 g/mol. The molecule has 0 atom stereocenters. The van der Waals surface area contributed by atoms with Crippen LogP contribution in [0.5, 0.6) is 0 Å². The number of hydrogen-bond acceptors (Lipinski definition) is 3. The maximum Gasteiger partial charge on any atom is 0.204 e. The Morgan fingerprint density at radius 3 is 1.81 bits per heavy atom. The smallest absolute Gasteiger partial charge is 0.204 e. The first-order valence-corrected chi connectivity index (χ1v) is 14.7. The van der Waals surface area contributed by atoms with Crippen molar-refractivity contribution < 1.29 is 0 Å². The van der Waals surface area contributed by atoms with Gasteiger partial charge in [0.15, 0.2) is 0 Å². The first-order chi connectivity index (χ1) is 21.3. The zero-order valence-corrected chi connectivity index (χ0v) is 23.4. The fourth-order valence-corrected chi connectivity index (χ4v) is 7.87. The van der Waals surface area contributed by atoms with Gasteiger partial charge in [0.1, 0.15) is 17.7 Å². The topological polar surface area (TPSA) is 50.9 Å². The normalized spacial score (nSPS) is 11.7. The third-order valence-electron chi connectivity index (χ3n) is 8.39. The van der Waals surface area contributed by atoms with Gasteiger partial charge in [-0.2, -0.15) is 5.26 Å². The summed E-state index contributed by atoms with van der Waals surface area (Å²) in [6, 6.07) is 41.7. The quantitative estimate of drug-likeness (QED) is 0.196. The molecule has 0 radical (unpaired) electrons. The standard InChI is InChI=1S/C37H19N5S/c1-39-28-14-8-13-24-26-20-32-35(27(21-38)36(26)43-37(24)28)25-12-4-7-17-31(25)42(32)34-19-9-18-33(40-34)41-29-15-5-2-10-22(29)23-11-3-6-16-30(23)41/h2-20H. The van der Waals surface area contributed by atoms with Gasteiger partial charge in [-0.15, -0.1) is 11.3 Å². The molecular weight excluding hydrogens is 547 g/mol. The molecule has 5 aromatic carbocycles. The van der Waals surface area contributed by atoms with Crippen LogP contribution >= 0.6 is 11.3 Å². The Labute approximate surface area is 249 Å². The largest absolute Gasteiger partial charge is 0.294 e. The van der Waals surface area contributed by atoms with Gasteiger partial charge in [0.05, 0.1) is 38.9 Å². The van der Waals surface area contributed by atoms with Gasteiger partial charge < -0.3 is 0 Å². The summed E-state index contributed by atoms with van der Waals surface area (Å²) in [6.45, 7) is 7.70. The molecule has 43 heavy (non-hydrogen) atoms. The Hall–Kier alpha value is -5.95. The van der Waals surface area contributed by atoms with Crippen molar-refractivity contribution in [1.29, 1.82) is 5.26 Å². The predicted octanol–water partition coefficient (Wildman–Crippen LogP) is 10.1. The van der Waals surface area contributed by atoms with Crippen molar-refractivity contribution in [2.75, 3.05) is 0 Å². The zero-order chi connectivity index (χ0) is 28.7. The molecule has 9 aromatic rings. The number of nitrogens with zero attached hydrogens (tertiary/aromatic N) is 5. The highest BCUT2D eigenvalue weighted by Crippen LogP contribution is 2.45. The Balaban J connectivity index is 1.40. The van der Waals surface area contributed by atoms with Crippen LogP contribution in [0.25, 0.3) is 80.3 Å². The molecule has 4 heterocycles. The lowest BCUT2D eigenvalue weighted by Gasteiger charge is -2.11. The Morgan fingerprint density at radius 2 is 1.16 bits per heavy atom. The summed E-state index contributed by atoms with van der Waals surface area (Å²) in [5.41, 5.74) is 5.36. The summed E-state index contributed by atoms with van der Waals surface area (Å²) in [4.78, 5) is 9.04. The molecule has 6 heteroatoms. The molecule has 0 aliphatic heterocycles. The van der Waals surface area contributed by atoms with E-state index in [9.17, 15) is 5.26 Å². The molecule has 0 amide bonds. The number of benzene rings is 5. The highest BCUT2D eigenvalue weighted by molar-refractivity contribution is 7.26. The van der Waals surface area contributed by atoms with Crippen LogP contribution in [-0.4, -0.2) is 14.1 Å². The van der Waals surface area contributed by atoms with E-state index in [1.165, 1.54) is 22.1 Å². The second-order valence-electron chi connectivity index (χ2n) is 10.6. The van der Waals surface area contributed by atoms with E-state index in [1.54, 1.807) is 0 Å². The van der Waals surface area contributed by atoms with Crippen LogP contribution in [0.15, 0.2) is 115 Å². The molecule has 0 unspecified atom stereocenters. The summed E-state index contributed by atoms with van der Waals surface area (Å²) in [5, 5.41) is 16.8. The van der Waals surface area contributed by atoms with Crippen LogP contribution in [0.2, 0.25) is 0 Å². The monoisotopic (exact) mass is 565 g/mol. The molecule has 0 N–H and O–H groups in total. The fourth-order valence-electron chi connectivity index (χ4n) is 6.63. The Bertz CT molecular complexity index is 2660. The van der Waals surface area contributed by atoms with Crippen LogP contribution < -0.4 is 0 Å². The average Bonchev–Trinajstić information content (AvgIpc) is 3.71. The van der Waals surface area contributed by atoms with Gasteiger partial charge in [0, 0.05) is 31.6 Å². The highest BCUT2D eigenvalue weighted by Gasteiger charge is 2.22. The summed E-state index contributed by atoms with van der Waals surface area (Å²) >= 11 is 1.53. The van der Waals surface area contributed by atoms with Gasteiger partial charge in [-0.3, -0.25) is 9.13 Å². The van der Waals surface area contributed by atoms with Crippen molar-refractivity contribution in [3.8, 4) is 17.7 Å². The number of rotatable bonds is 2. The van der Waals surface area contributed by atoms with E-state index in [2.05, 4.69) is 86.8 Å². The molecule has 0 bridgehead atoms. The van der Waals surface area contributed by atoms with E-state index in [0.29, 0.717) is 11.3 Å². The Kier molecular flexibility index (Phi) is 4.84. The van der Waals surface area contributed by atoms with Crippen LogP contribution in [0, 0.1) is 17.9 Å². The van der Waals surface area contributed by atoms with Gasteiger partial charge in [-0.25, -0.2) is 9.83 Å². The SMILES string of the molecule is [C-]#[N+]c1cccc2c1sc1c(C#N)c3c4ccccc4n(-c4cccc(-n5c6ccccc6c6ccccc65)n4)c3cc12. The third-order valence-corrected chi connectivity index (χ3v) is 9.65. The van der Waals surface area contributed by atoms with Gasteiger partial charge in [-0.1, -0.05) is 78.9 Å². The molecule has 0 aliphatic carbocycles. The molecule has 0 fully saturated rings. The van der Waals surface area contributed by atoms with Crippen LogP contribution in [0.4, 0.5) is 5.69 Å². The number of pyridine rings is 1. The first kappa shape index (κ1) is 23.7. The lowest BCUT2D eigenvalue weighted by atomic mass is 10.0. The van der Waals surface area contributed by atoms with Crippen molar-refractivity contribution in [3.05, 3.63) is 132 Å². The van der Waals surface area contributed by atoms with Gasteiger partial charge >= 0.3 is 0 Å². The number of nitriles is 1. The minimum absolute atomic E-state index is 0.612. The van der Waals surface area contributed by atoms with E-state index in [4.69, 9.17) is 11.6 Å². The predicted molar refractivity (Wildman–Crippen MR) is 177 cm³/mol. The summed E-state index contributed by atoms with van der Waals surface area (Å²) < 4.78 is 6.22.